The molecule has 0 radical (unpaired) electrons. The number of nitrogens with zero attached hydrogens (tertiary/aromatic N) is 1. The zero-order valence-electron chi connectivity index (χ0n) is 44.2. The molecular formula is C58H90F3NO4. The number of alkyl halides is 3. The van der Waals surface area contributed by atoms with Crippen LogP contribution in [0.2, 0.25) is 0 Å². The second kappa shape index (κ2) is 23.7. The molecule has 0 aliphatic carbocycles. The molecule has 0 aromatic heterocycles. The highest BCUT2D eigenvalue weighted by Crippen LogP contribution is 2.50. The molecule has 0 amide bonds. The van der Waals surface area contributed by atoms with Gasteiger partial charge in [-0.3, -0.25) is 4.99 Å². The van der Waals surface area contributed by atoms with E-state index in [0.717, 1.165) is 77.6 Å². The fraction of sp³-hybridized carbons (Fsp3) is 0.672. The van der Waals surface area contributed by atoms with Crippen molar-refractivity contribution in [2.75, 3.05) is 13.2 Å². The van der Waals surface area contributed by atoms with Gasteiger partial charge in [0.1, 0.15) is 22.8 Å². The first-order chi connectivity index (χ1) is 30.5. The monoisotopic (exact) mass is 922 g/mol. The number of hydrogen-bond donors (Lipinski definition) is 2. The van der Waals surface area contributed by atoms with Gasteiger partial charge >= 0.3 is 6.18 Å². The summed E-state index contributed by atoms with van der Waals surface area (Å²) in [4.78, 5) is 5.07. The molecule has 372 valence electrons. The molecule has 1 unspecified atom stereocenters. The van der Waals surface area contributed by atoms with Crippen molar-refractivity contribution in [2.24, 2.45) is 10.9 Å². The number of phenols is 1. The van der Waals surface area contributed by atoms with E-state index in [-0.39, 0.29) is 17.2 Å². The van der Waals surface area contributed by atoms with E-state index in [1.54, 1.807) is 0 Å². The first-order valence-corrected chi connectivity index (χ1v) is 25.3. The topological polar surface area (TPSA) is 71.3 Å². The minimum absolute atomic E-state index is 0.0157. The van der Waals surface area contributed by atoms with Gasteiger partial charge in [0.25, 0.3) is 0 Å². The van der Waals surface area contributed by atoms with Crippen molar-refractivity contribution >= 4 is 6.21 Å². The molecule has 3 aromatic carbocycles. The Morgan fingerprint density at radius 3 is 1.24 bits per heavy atom. The Labute approximate surface area is 399 Å². The number of aliphatic hydroxyl groups is 1. The van der Waals surface area contributed by atoms with Gasteiger partial charge < -0.3 is 19.7 Å². The summed E-state index contributed by atoms with van der Waals surface area (Å²) >= 11 is 0. The molecule has 0 saturated heterocycles. The lowest BCUT2D eigenvalue weighted by Gasteiger charge is -2.41. The van der Waals surface area contributed by atoms with Crippen LogP contribution >= 0.6 is 0 Å². The van der Waals surface area contributed by atoms with Gasteiger partial charge in [-0.1, -0.05) is 175 Å². The highest BCUT2D eigenvalue weighted by Gasteiger charge is 2.45. The highest BCUT2D eigenvalue weighted by atomic mass is 19.4. The van der Waals surface area contributed by atoms with Crippen molar-refractivity contribution in [1.82, 2.24) is 0 Å². The summed E-state index contributed by atoms with van der Waals surface area (Å²) in [7, 11) is 0. The van der Waals surface area contributed by atoms with Crippen LogP contribution in [0.4, 0.5) is 13.2 Å². The summed E-state index contributed by atoms with van der Waals surface area (Å²) in [5, 5.41) is 25.3. The van der Waals surface area contributed by atoms with Crippen LogP contribution in [-0.4, -0.2) is 35.7 Å². The van der Waals surface area contributed by atoms with Gasteiger partial charge in [0, 0.05) is 34.0 Å². The first-order valence-electron chi connectivity index (χ1n) is 25.3. The maximum atomic E-state index is 14.3. The molecular weight excluding hydrogens is 832 g/mol. The van der Waals surface area contributed by atoms with E-state index in [1.165, 1.54) is 57.6 Å². The number of aliphatic imine (C=N–C) groups is 1. The zero-order chi connectivity index (χ0) is 49.9. The lowest BCUT2D eigenvalue weighted by molar-refractivity contribution is -0.137. The standard InChI is InChI=1S/C58H90F3NO4/c1-17-19-21-23-25-27-31-65-51-45(53(5,6)7)35-43(36-46(51)54(8,9)10)57(64,50(33-40(3)4)62-39-41-34-42(58(59,60)61)29-30-49(41)63)44-37-47(55(11,12)13)52(48(38-44)56(14,15)16)66-32-28-26-24-22-20-18-2/h29-30,34-40,50,63-64H,17-28,31-33H2,1-16H3. The maximum absolute atomic E-state index is 14.3. The molecule has 0 spiro atoms. The Morgan fingerprint density at radius 1 is 0.545 bits per heavy atom. The van der Waals surface area contributed by atoms with Crippen molar-refractivity contribution in [2.45, 2.75) is 234 Å². The molecule has 2 N–H and O–H groups in total. The van der Waals surface area contributed by atoms with Gasteiger partial charge in [-0.05, 0) is 100 Å². The first kappa shape index (κ1) is 56.8. The van der Waals surface area contributed by atoms with Gasteiger partial charge in [0.05, 0.1) is 24.8 Å². The molecule has 0 saturated carbocycles. The van der Waals surface area contributed by atoms with Crippen LogP contribution in [0.3, 0.4) is 0 Å². The van der Waals surface area contributed by atoms with Crippen LogP contribution in [0.25, 0.3) is 0 Å². The number of unbranched alkanes of at least 4 members (excludes halogenated alkanes) is 10. The largest absolute Gasteiger partial charge is 0.507 e. The van der Waals surface area contributed by atoms with E-state index in [9.17, 15) is 23.4 Å². The number of benzene rings is 3. The van der Waals surface area contributed by atoms with Crippen LogP contribution in [0.15, 0.2) is 47.5 Å². The Bertz CT molecular complexity index is 1830. The molecule has 0 aliphatic rings. The number of aromatic hydroxyl groups is 1. The van der Waals surface area contributed by atoms with Gasteiger partial charge in [-0.15, -0.1) is 0 Å². The number of hydrogen-bond acceptors (Lipinski definition) is 5. The molecule has 0 fully saturated rings. The summed E-state index contributed by atoms with van der Waals surface area (Å²) in [6.45, 7) is 35.7. The molecule has 3 aromatic rings. The molecule has 5 nitrogen and oxygen atoms in total. The average molecular weight is 922 g/mol. The second-order valence-corrected chi connectivity index (χ2v) is 23.5. The van der Waals surface area contributed by atoms with Crippen LogP contribution in [0.1, 0.15) is 239 Å². The lowest BCUT2D eigenvalue weighted by atomic mass is 9.69. The maximum Gasteiger partial charge on any atom is 0.416 e. The van der Waals surface area contributed by atoms with Crippen molar-refractivity contribution < 1.29 is 32.9 Å². The molecule has 0 aliphatic heterocycles. The molecule has 1 atom stereocenters. The van der Waals surface area contributed by atoms with Crippen molar-refractivity contribution in [3.05, 3.63) is 87.0 Å². The normalized spacial score (nSPS) is 13.8. The summed E-state index contributed by atoms with van der Waals surface area (Å²) < 4.78 is 55.8. The Hall–Kier alpha value is -3.52. The van der Waals surface area contributed by atoms with E-state index in [2.05, 4.69) is 135 Å². The Morgan fingerprint density at radius 2 is 0.909 bits per heavy atom. The highest BCUT2D eigenvalue weighted by molar-refractivity contribution is 5.84. The summed E-state index contributed by atoms with van der Waals surface area (Å²) in [5.74, 6) is 1.35. The van der Waals surface area contributed by atoms with Crippen LogP contribution in [0.5, 0.6) is 17.2 Å². The van der Waals surface area contributed by atoms with E-state index in [4.69, 9.17) is 14.5 Å². The predicted molar refractivity (Wildman–Crippen MR) is 272 cm³/mol. The fourth-order valence-corrected chi connectivity index (χ4v) is 8.69. The molecule has 3 rings (SSSR count). The third-order valence-corrected chi connectivity index (χ3v) is 12.7. The number of rotatable bonds is 23. The minimum Gasteiger partial charge on any atom is -0.507 e. The third kappa shape index (κ3) is 15.8. The second-order valence-electron chi connectivity index (χ2n) is 23.5. The number of halogens is 3. The van der Waals surface area contributed by atoms with Crippen LogP contribution in [0, 0.1) is 5.92 Å². The van der Waals surface area contributed by atoms with Gasteiger partial charge in [-0.25, -0.2) is 0 Å². The zero-order valence-corrected chi connectivity index (χ0v) is 44.2. The van der Waals surface area contributed by atoms with Crippen LogP contribution < -0.4 is 9.47 Å². The number of ether oxygens (including phenoxy) is 2. The van der Waals surface area contributed by atoms with Gasteiger partial charge in [0.15, 0.2) is 0 Å². The van der Waals surface area contributed by atoms with Gasteiger partial charge in [-0.2, -0.15) is 13.2 Å². The predicted octanol–water partition coefficient (Wildman–Crippen LogP) is 16.8. The van der Waals surface area contributed by atoms with E-state index < -0.39 is 45.0 Å². The Kier molecular flexibility index (Phi) is 20.4. The van der Waals surface area contributed by atoms with Crippen molar-refractivity contribution in [3.8, 4) is 17.2 Å². The fourth-order valence-electron chi connectivity index (χ4n) is 8.69. The van der Waals surface area contributed by atoms with E-state index in [0.29, 0.717) is 30.8 Å². The molecule has 0 heterocycles. The SMILES string of the molecule is CCCCCCCCOc1c(C(C)(C)C)cc(C(O)(c2cc(C(C)(C)C)c(OCCCCCCCC)c(C(C)(C)C)c2)C(CC(C)C)N=Cc2cc(C(F)(F)F)ccc2O)cc1C(C)(C)C. The van der Waals surface area contributed by atoms with Crippen molar-refractivity contribution in [1.29, 1.82) is 0 Å². The van der Waals surface area contributed by atoms with E-state index >= 15 is 0 Å². The molecule has 8 heteroatoms. The van der Waals surface area contributed by atoms with Crippen LogP contribution in [-0.2, 0) is 33.4 Å². The molecule has 0 bridgehead atoms. The van der Waals surface area contributed by atoms with Gasteiger partial charge in [0.2, 0.25) is 0 Å². The summed E-state index contributed by atoms with van der Waals surface area (Å²) in [6, 6.07) is 10.3. The average Bonchev–Trinajstić information content (AvgIpc) is 3.19. The quantitative estimate of drug-likeness (QED) is 0.0734. The smallest absolute Gasteiger partial charge is 0.416 e. The number of phenolic OH excluding ortho intramolecular Hbond substituents is 1. The third-order valence-electron chi connectivity index (χ3n) is 12.7. The van der Waals surface area contributed by atoms with Crippen molar-refractivity contribution in [3.63, 3.8) is 0 Å². The lowest BCUT2D eigenvalue weighted by Crippen LogP contribution is -2.42. The summed E-state index contributed by atoms with van der Waals surface area (Å²) in [5.41, 5.74) is 0.677. The summed E-state index contributed by atoms with van der Waals surface area (Å²) in [6.07, 6.45) is 10.8. The van der Waals surface area contributed by atoms with E-state index in [1.807, 2.05) is 0 Å². The molecule has 66 heavy (non-hydrogen) atoms. The Balaban J connectivity index is 2.54. The minimum atomic E-state index is -4.62.